The van der Waals surface area contributed by atoms with Gasteiger partial charge in [0.25, 0.3) is 5.91 Å². The molecule has 3 nitrogen and oxygen atoms in total. The zero-order chi connectivity index (χ0) is 16.8. The molecule has 0 fully saturated rings. The fourth-order valence-electron chi connectivity index (χ4n) is 2.04. The lowest BCUT2D eigenvalue weighted by atomic mass is 10.1. The minimum absolute atomic E-state index is 0.0610. The number of rotatable bonds is 4. The van der Waals surface area contributed by atoms with Crippen molar-refractivity contribution in [3.05, 3.63) is 76.1 Å². The van der Waals surface area contributed by atoms with E-state index in [1.54, 1.807) is 12.1 Å². The van der Waals surface area contributed by atoms with Crippen LogP contribution in [0.1, 0.15) is 24.1 Å². The fraction of sp³-hybridized carbons (Fsp3) is 0.111. The minimum Gasteiger partial charge on any atom is -0.345 e. The Morgan fingerprint density at radius 2 is 1.96 bits per heavy atom. The summed E-state index contributed by atoms with van der Waals surface area (Å²) < 4.78 is 13.9. The monoisotopic (exact) mass is 328 g/mol. The van der Waals surface area contributed by atoms with Crippen LogP contribution in [0.15, 0.2) is 54.1 Å². The standard InChI is InChI=1S/C18H14ClFN2O/c1-12(13-6-3-2-4-7-13)22-18(23)15(11-21)10-14-8-5-9-16(19)17(14)20/h2-10,12H,1H3,(H,22,23)/b15-10-. The van der Waals surface area contributed by atoms with E-state index in [0.717, 1.165) is 5.56 Å². The Balaban J connectivity index is 2.21. The number of halogens is 2. The number of nitriles is 1. The van der Waals surface area contributed by atoms with Crippen molar-refractivity contribution in [3.8, 4) is 6.07 Å². The smallest absolute Gasteiger partial charge is 0.262 e. The Kier molecular flexibility index (Phi) is 5.51. The van der Waals surface area contributed by atoms with E-state index in [1.807, 2.05) is 37.3 Å². The van der Waals surface area contributed by atoms with E-state index in [2.05, 4.69) is 5.32 Å². The first-order valence-corrected chi connectivity index (χ1v) is 7.32. The number of hydrogen-bond acceptors (Lipinski definition) is 2. The molecular weight excluding hydrogens is 315 g/mol. The summed E-state index contributed by atoms with van der Waals surface area (Å²) in [5.41, 5.74) is 0.817. The van der Waals surface area contributed by atoms with E-state index in [-0.39, 0.29) is 22.2 Å². The van der Waals surface area contributed by atoms with Gasteiger partial charge in [-0.1, -0.05) is 54.1 Å². The van der Waals surface area contributed by atoms with Crippen molar-refractivity contribution in [1.82, 2.24) is 5.32 Å². The number of carbonyl (C=O) groups is 1. The number of hydrogen-bond donors (Lipinski definition) is 1. The summed E-state index contributed by atoms with van der Waals surface area (Å²) >= 11 is 5.70. The van der Waals surface area contributed by atoms with Crippen LogP contribution in [0.25, 0.3) is 6.08 Å². The average Bonchev–Trinajstić information content (AvgIpc) is 2.56. The summed E-state index contributed by atoms with van der Waals surface area (Å²) in [7, 11) is 0. The Morgan fingerprint density at radius 3 is 2.61 bits per heavy atom. The van der Waals surface area contributed by atoms with Crippen molar-refractivity contribution >= 4 is 23.6 Å². The molecule has 23 heavy (non-hydrogen) atoms. The third-order valence-electron chi connectivity index (χ3n) is 3.29. The van der Waals surface area contributed by atoms with E-state index in [4.69, 9.17) is 16.9 Å². The molecule has 0 spiro atoms. The first-order valence-electron chi connectivity index (χ1n) is 6.94. The number of amides is 1. The Hall–Kier alpha value is -2.64. The second kappa shape index (κ2) is 7.57. The third kappa shape index (κ3) is 4.18. The van der Waals surface area contributed by atoms with Gasteiger partial charge in [0.05, 0.1) is 11.1 Å². The maximum atomic E-state index is 13.9. The second-order valence-electron chi connectivity index (χ2n) is 4.92. The topological polar surface area (TPSA) is 52.9 Å². The number of carbonyl (C=O) groups excluding carboxylic acids is 1. The first kappa shape index (κ1) is 16.7. The molecule has 0 aromatic heterocycles. The summed E-state index contributed by atoms with van der Waals surface area (Å²) in [6.07, 6.45) is 1.19. The normalized spacial score (nSPS) is 12.3. The van der Waals surface area contributed by atoms with Crippen molar-refractivity contribution in [2.45, 2.75) is 13.0 Å². The molecule has 1 amide bonds. The molecule has 0 radical (unpaired) electrons. The molecule has 2 aromatic rings. The van der Waals surface area contributed by atoms with Crippen LogP contribution in [-0.2, 0) is 4.79 Å². The van der Waals surface area contributed by atoms with Gasteiger partial charge in [0.2, 0.25) is 0 Å². The molecule has 1 unspecified atom stereocenters. The number of nitrogens with one attached hydrogen (secondary N) is 1. The quantitative estimate of drug-likeness (QED) is 0.673. The van der Waals surface area contributed by atoms with Crippen LogP contribution in [0.2, 0.25) is 5.02 Å². The molecule has 116 valence electrons. The van der Waals surface area contributed by atoms with Gasteiger partial charge in [-0.25, -0.2) is 4.39 Å². The Morgan fingerprint density at radius 1 is 1.26 bits per heavy atom. The zero-order valence-electron chi connectivity index (χ0n) is 12.4. The predicted molar refractivity (Wildman–Crippen MR) is 88.0 cm³/mol. The summed E-state index contributed by atoms with van der Waals surface area (Å²) in [5.74, 6) is -1.23. The molecule has 5 heteroatoms. The van der Waals surface area contributed by atoms with Gasteiger partial charge in [-0.3, -0.25) is 4.79 Å². The van der Waals surface area contributed by atoms with Gasteiger partial charge in [0.15, 0.2) is 0 Å². The molecule has 1 atom stereocenters. The van der Waals surface area contributed by atoms with Gasteiger partial charge in [-0.2, -0.15) is 5.26 Å². The molecule has 2 rings (SSSR count). The van der Waals surface area contributed by atoms with Gasteiger partial charge >= 0.3 is 0 Å². The molecule has 1 N–H and O–H groups in total. The molecule has 0 aliphatic rings. The van der Waals surface area contributed by atoms with E-state index in [1.165, 1.54) is 18.2 Å². The van der Waals surface area contributed by atoms with Crippen LogP contribution in [0.3, 0.4) is 0 Å². The van der Waals surface area contributed by atoms with Crippen molar-refractivity contribution in [2.24, 2.45) is 0 Å². The lowest BCUT2D eigenvalue weighted by Gasteiger charge is -2.13. The maximum Gasteiger partial charge on any atom is 0.262 e. The summed E-state index contributed by atoms with van der Waals surface area (Å²) in [6.45, 7) is 1.81. The zero-order valence-corrected chi connectivity index (χ0v) is 13.1. The second-order valence-corrected chi connectivity index (χ2v) is 5.33. The van der Waals surface area contributed by atoms with E-state index in [0.29, 0.717) is 0 Å². The van der Waals surface area contributed by atoms with Crippen LogP contribution in [-0.4, -0.2) is 5.91 Å². The number of benzene rings is 2. The predicted octanol–water partition coefficient (Wildman–Crippen LogP) is 4.26. The largest absolute Gasteiger partial charge is 0.345 e. The highest BCUT2D eigenvalue weighted by molar-refractivity contribution is 6.30. The van der Waals surface area contributed by atoms with E-state index >= 15 is 0 Å². The molecule has 0 bridgehead atoms. The van der Waals surface area contributed by atoms with Gasteiger partial charge in [-0.15, -0.1) is 0 Å². The molecule has 0 saturated carbocycles. The van der Waals surface area contributed by atoms with Gasteiger partial charge < -0.3 is 5.32 Å². The van der Waals surface area contributed by atoms with Crippen LogP contribution < -0.4 is 5.32 Å². The molecule has 0 aliphatic heterocycles. The Labute approximate surface area is 139 Å². The van der Waals surface area contributed by atoms with Crippen molar-refractivity contribution in [3.63, 3.8) is 0 Å². The third-order valence-corrected chi connectivity index (χ3v) is 3.59. The SMILES string of the molecule is CC(NC(=O)/C(C#N)=C\c1cccc(Cl)c1F)c1ccccc1. The molecule has 2 aromatic carbocycles. The van der Waals surface area contributed by atoms with E-state index < -0.39 is 11.7 Å². The average molecular weight is 329 g/mol. The molecule has 0 saturated heterocycles. The van der Waals surface area contributed by atoms with Crippen molar-refractivity contribution < 1.29 is 9.18 Å². The van der Waals surface area contributed by atoms with Crippen LogP contribution in [0.5, 0.6) is 0 Å². The van der Waals surface area contributed by atoms with Gasteiger partial charge in [0.1, 0.15) is 17.5 Å². The summed E-state index contributed by atoms with van der Waals surface area (Å²) in [4.78, 5) is 12.2. The fourth-order valence-corrected chi connectivity index (χ4v) is 2.22. The molecular formula is C18H14ClFN2O. The van der Waals surface area contributed by atoms with E-state index in [9.17, 15) is 9.18 Å². The lowest BCUT2D eigenvalue weighted by molar-refractivity contribution is -0.117. The lowest BCUT2D eigenvalue weighted by Crippen LogP contribution is -2.27. The van der Waals surface area contributed by atoms with Crippen LogP contribution >= 0.6 is 11.6 Å². The first-order chi connectivity index (χ1) is 11.0. The highest BCUT2D eigenvalue weighted by atomic mass is 35.5. The highest BCUT2D eigenvalue weighted by Gasteiger charge is 2.15. The molecule has 0 heterocycles. The maximum absolute atomic E-state index is 13.9. The minimum atomic E-state index is -0.661. The highest BCUT2D eigenvalue weighted by Crippen LogP contribution is 2.20. The van der Waals surface area contributed by atoms with Crippen molar-refractivity contribution in [1.29, 1.82) is 5.26 Å². The summed E-state index contributed by atoms with van der Waals surface area (Å²) in [6, 6.07) is 15.3. The van der Waals surface area contributed by atoms with Gasteiger partial charge in [0, 0.05) is 5.56 Å². The van der Waals surface area contributed by atoms with Gasteiger partial charge in [-0.05, 0) is 24.6 Å². The summed E-state index contributed by atoms with van der Waals surface area (Å²) in [5, 5.41) is 11.8. The number of nitrogens with zero attached hydrogens (tertiary/aromatic N) is 1. The molecule has 0 aliphatic carbocycles. The Bertz CT molecular complexity index is 781. The van der Waals surface area contributed by atoms with Crippen LogP contribution in [0, 0.1) is 17.1 Å². The van der Waals surface area contributed by atoms with Crippen molar-refractivity contribution in [2.75, 3.05) is 0 Å². The van der Waals surface area contributed by atoms with Crippen LogP contribution in [0.4, 0.5) is 4.39 Å².